The fourth-order valence-corrected chi connectivity index (χ4v) is 3.72. The first-order valence-corrected chi connectivity index (χ1v) is 10.0. The molecule has 0 atom stereocenters. The lowest BCUT2D eigenvalue weighted by atomic mass is 9.81. The maximum Gasteiger partial charge on any atom is 0.115 e. The van der Waals surface area contributed by atoms with E-state index in [1.54, 1.807) is 12.1 Å². The molecule has 0 saturated heterocycles. The molecule has 0 aliphatic carbocycles. The zero-order valence-corrected chi connectivity index (χ0v) is 17.2. The van der Waals surface area contributed by atoms with Gasteiger partial charge in [0.05, 0.1) is 0 Å². The normalized spacial score (nSPS) is 10.9. The SMILES string of the molecule is CCNc1ccc(C)c(C(c2ccc(O)cc2)c2cc(NCC)ccc2C)c1. The summed E-state index contributed by atoms with van der Waals surface area (Å²) in [6, 6.07) is 20.8. The molecule has 3 rings (SSSR count). The molecule has 3 N–H and O–H groups in total. The van der Waals surface area contributed by atoms with Gasteiger partial charge in [0.2, 0.25) is 0 Å². The summed E-state index contributed by atoms with van der Waals surface area (Å²) in [5.74, 6) is 0.386. The van der Waals surface area contributed by atoms with E-state index in [9.17, 15) is 5.11 Å². The number of rotatable bonds is 7. The Labute approximate surface area is 168 Å². The largest absolute Gasteiger partial charge is 0.508 e. The predicted octanol–water partition coefficient (Wildman–Crippen LogP) is 6.05. The Balaban J connectivity index is 2.21. The second-order valence-corrected chi connectivity index (χ2v) is 7.23. The third kappa shape index (κ3) is 4.30. The molecule has 3 aromatic carbocycles. The fourth-order valence-electron chi connectivity index (χ4n) is 3.72. The number of phenolic OH excluding ortho intramolecular Hbond substituents is 1. The van der Waals surface area contributed by atoms with Gasteiger partial charge in [-0.3, -0.25) is 0 Å². The number of hydrogen-bond donors (Lipinski definition) is 3. The molecule has 146 valence electrons. The number of anilines is 2. The third-order valence-corrected chi connectivity index (χ3v) is 5.17. The van der Waals surface area contributed by atoms with Gasteiger partial charge in [-0.15, -0.1) is 0 Å². The van der Waals surface area contributed by atoms with Crippen molar-refractivity contribution in [2.45, 2.75) is 33.6 Å². The monoisotopic (exact) mass is 374 g/mol. The second-order valence-electron chi connectivity index (χ2n) is 7.23. The van der Waals surface area contributed by atoms with Crippen molar-refractivity contribution in [2.24, 2.45) is 0 Å². The number of nitrogens with one attached hydrogen (secondary N) is 2. The van der Waals surface area contributed by atoms with Crippen molar-refractivity contribution in [3.8, 4) is 5.75 Å². The third-order valence-electron chi connectivity index (χ3n) is 5.17. The zero-order valence-electron chi connectivity index (χ0n) is 17.2. The molecule has 0 aliphatic heterocycles. The van der Waals surface area contributed by atoms with Gasteiger partial charge in [-0.05, 0) is 91.9 Å². The Morgan fingerprint density at radius 2 is 1.18 bits per heavy atom. The van der Waals surface area contributed by atoms with E-state index in [4.69, 9.17) is 0 Å². The summed E-state index contributed by atoms with van der Waals surface area (Å²) in [7, 11) is 0. The van der Waals surface area contributed by atoms with E-state index in [1.165, 1.54) is 27.8 Å². The van der Waals surface area contributed by atoms with E-state index in [-0.39, 0.29) is 5.92 Å². The first kappa shape index (κ1) is 19.8. The van der Waals surface area contributed by atoms with E-state index >= 15 is 0 Å². The number of phenols is 1. The molecule has 0 fully saturated rings. The van der Waals surface area contributed by atoms with Crippen LogP contribution in [0, 0.1) is 13.8 Å². The molecular weight excluding hydrogens is 344 g/mol. The molecule has 28 heavy (non-hydrogen) atoms. The van der Waals surface area contributed by atoms with Gasteiger partial charge in [0, 0.05) is 30.4 Å². The molecule has 0 spiro atoms. The average molecular weight is 375 g/mol. The van der Waals surface area contributed by atoms with Crippen LogP contribution in [0.15, 0.2) is 60.7 Å². The molecule has 0 unspecified atom stereocenters. The quantitative estimate of drug-likeness (QED) is 0.441. The molecule has 0 radical (unpaired) electrons. The fraction of sp³-hybridized carbons (Fsp3) is 0.280. The van der Waals surface area contributed by atoms with Crippen LogP contribution in [0.4, 0.5) is 11.4 Å². The van der Waals surface area contributed by atoms with Gasteiger partial charge in [-0.2, -0.15) is 0 Å². The molecule has 3 nitrogen and oxygen atoms in total. The van der Waals surface area contributed by atoms with Crippen molar-refractivity contribution < 1.29 is 5.11 Å². The van der Waals surface area contributed by atoms with Crippen LogP contribution in [-0.2, 0) is 0 Å². The second kappa shape index (κ2) is 8.83. The van der Waals surface area contributed by atoms with Crippen LogP contribution in [0.2, 0.25) is 0 Å². The van der Waals surface area contributed by atoms with Crippen LogP contribution in [0.5, 0.6) is 5.75 Å². The molecule has 0 amide bonds. The van der Waals surface area contributed by atoms with Gasteiger partial charge < -0.3 is 15.7 Å². The minimum Gasteiger partial charge on any atom is -0.508 e. The van der Waals surface area contributed by atoms with Gasteiger partial charge in [0.1, 0.15) is 5.75 Å². The highest BCUT2D eigenvalue weighted by molar-refractivity contribution is 5.58. The van der Waals surface area contributed by atoms with Gasteiger partial charge in [-0.25, -0.2) is 0 Å². The molecule has 0 bridgehead atoms. The summed E-state index contributed by atoms with van der Waals surface area (Å²) in [6.07, 6.45) is 0. The van der Waals surface area contributed by atoms with Crippen molar-refractivity contribution in [1.29, 1.82) is 0 Å². The van der Waals surface area contributed by atoms with Crippen molar-refractivity contribution in [3.05, 3.63) is 88.5 Å². The van der Waals surface area contributed by atoms with Crippen LogP contribution < -0.4 is 10.6 Å². The van der Waals surface area contributed by atoms with Crippen LogP contribution >= 0.6 is 0 Å². The Kier molecular flexibility index (Phi) is 6.25. The Hall–Kier alpha value is -2.94. The molecular formula is C25H30N2O. The minimum atomic E-state index is 0.0952. The highest BCUT2D eigenvalue weighted by Gasteiger charge is 2.21. The summed E-state index contributed by atoms with van der Waals surface area (Å²) in [5.41, 5.74) is 8.51. The number of hydrogen-bond acceptors (Lipinski definition) is 3. The highest BCUT2D eigenvalue weighted by atomic mass is 16.3. The number of aryl methyl sites for hydroxylation is 2. The summed E-state index contributed by atoms with van der Waals surface area (Å²) >= 11 is 0. The topological polar surface area (TPSA) is 44.3 Å². The Morgan fingerprint density at radius 3 is 1.61 bits per heavy atom. The molecule has 3 aromatic rings. The van der Waals surface area contributed by atoms with E-state index in [0.29, 0.717) is 5.75 Å². The summed E-state index contributed by atoms with van der Waals surface area (Å²) in [4.78, 5) is 0. The lowest BCUT2D eigenvalue weighted by Crippen LogP contribution is -2.09. The molecule has 0 heterocycles. The Morgan fingerprint density at radius 1 is 0.714 bits per heavy atom. The Bertz CT molecular complexity index is 876. The first-order valence-electron chi connectivity index (χ1n) is 10.0. The molecule has 3 heteroatoms. The smallest absolute Gasteiger partial charge is 0.115 e. The highest BCUT2D eigenvalue weighted by Crippen LogP contribution is 2.38. The van der Waals surface area contributed by atoms with E-state index in [2.05, 4.69) is 74.7 Å². The van der Waals surface area contributed by atoms with Crippen LogP contribution in [0.25, 0.3) is 0 Å². The summed E-state index contributed by atoms with van der Waals surface area (Å²) < 4.78 is 0. The zero-order chi connectivity index (χ0) is 20.1. The summed E-state index contributed by atoms with van der Waals surface area (Å²) in [6.45, 7) is 10.3. The van der Waals surface area contributed by atoms with Crippen LogP contribution in [-0.4, -0.2) is 18.2 Å². The number of benzene rings is 3. The van der Waals surface area contributed by atoms with Gasteiger partial charge in [0.25, 0.3) is 0 Å². The number of aromatic hydroxyl groups is 1. The van der Waals surface area contributed by atoms with Gasteiger partial charge in [-0.1, -0.05) is 24.3 Å². The van der Waals surface area contributed by atoms with E-state index in [0.717, 1.165) is 24.5 Å². The molecule has 0 aromatic heterocycles. The summed E-state index contributed by atoms with van der Waals surface area (Å²) in [5, 5.41) is 16.7. The van der Waals surface area contributed by atoms with Gasteiger partial charge >= 0.3 is 0 Å². The van der Waals surface area contributed by atoms with Crippen LogP contribution in [0.1, 0.15) is 47.6 Å². The lowest BCUT2D eigenvalue weighted by Gasteiger charge is -2.24. The molecule has 0 aliphatic rings. The van der Waals surface area contributed by atoms with Gasteiger partial charge in [0.15, 0.2) is 0 Å². The van der Waals surface area contributed by atoms with Crippen molar-refractivity contribution in [3.63, 3.8) is 0 Å². The van der Waals surface area contributed by atoms with E-state index in [1.807, 2.05) is 12.1 Å². The minimum absolute atomic E-state index is 0.0952. The van der Waals surface area contributed by atoms with E-state index < -0.39 is 0 Å². The maximum absolute atomic E-state index is 9.80. The first-order chi connectivity index (χ1) is 13.5. The molecule has 0 saturated carbocycles. The van der Waals surface area contributed by atoms with Crippen molar-refractivity contribution in [1.82, 2.24) is 0 Å². The maximum atomic E-state index is 9.80. The average Bonchev–Trinajstić information content (AvgIpc) is 2.68. The predicted molar refractivity (Wildman–Crippen MR) is 120 cm³/mol. The van der Waals surface area contributed by atoms with Crippen molar-refractivity contribution in [2.75, 3.05) is 23.7 Å². The van der Waals surface area contributed by atoms with Crippen molar-refractivity contribution >= 4 is 11.4 Å². The lowest BCUT2D eigenvalue weighted by molar-refractivity contribution is 0.475. The standard InChI is InChI=1S/C25H30N2O/c1-5-26-20-11-7-17(3)23(15-20)25(19-9-13-22(28)14-10-19)24-16-21(27-6-2)12-8-18(24)4/h7-16,25-28H,5-6H2,1-4H3. The van der Waals surface area contributed by atoms with Crippen LogP contribution in [0.3, 0.4) is 0 Å².